The summed E-state index contributed by atoms with van der Waals surface area (Å²) in [7, 11) is 0. The quantitative estimate of drug-likeness (QED) is 0.915. The molecule has 2 aromatic rings. The number of nitrogens with zero attached hydrogens (tertiary/aromatic N) is 4. The molecule has 0 aliphatic rings. The summed E-state index contributed by atoms with van der Waals surface area (Å²) in [6.07, 6.45) is 5.65. The zero-order chi connectivity index (χ0) is 13.9. The molecule has 0 saturated carbocycles. The lowest BCUT2D eigenvalue weighted by Crippen LogP contribution is -2.22. The highest BCUT2D eigenvalue weighted by atomic mass is 15.4. The SMILES string of the molecule is CC(NCc1cn(C(C)(C)C)nn1)c1cccnc1. The van der Waals surface area contributed by atoms with Gasteiger partial charge in [-0.2, -0.15) is 0 Å². The van der Waals surface area contributed by atoms with Gasteiger partial charge in [-0.3, -0.25) is 4.98 Å². The van der Waals surface area contributed by atoms with Crippen molar-refractivity contribution in [2.24, 2.45) is 0 Å². The van der Waals surface area contributed by atoms with E-state index in [0.29, 0.717) is 6.54 Å². The summed E-state index contributed by atoms with van der Waals surface area (Å²) in [5, 5.41) is 11.8. The molecule has 0 aliphatic carbocycles. The molecular weight excluding hydrogens is 238 g/mol. The number of rotatable bonds is 4. The van der Waals surface area contributed by atoms with Crippen LogP contribution in [-0.2, 0) is 12.1 Å². The number of nitrogens with one attached hydrogen (secondary N) is 1. The van der Waals surface area contributed by atoms with Gasteiger partial charge in [-0.05, 0) is 39.3 Å². The molecule has 0 radical (unpaired) electrons. The van der Waals surface area contributed by atoms with E-state index in [2.05, 4.69) is 54.4 Å². The van der Waals surface area contributed by atoms with E-state index in [-0.39, 0.29) is 11.6 Å². The van der Waals surface area contributed by atoms with Crippen molar-refractivity contribution >= 4 is 0 Å². The van der Waals surface area contributed by atoms with Crippen molar-refractivity contribution in [1.29, 1.82) is 0 Å². The second-order valence-electron chi connectivity index (χ2n) is 5.71. The Labute approximate surface area is 114 Å². The van der Waals surface area contributed by atoms with E-state index in [1.165, 1.54) is 5.56 Å². The van der Waals surface area contributed by atoms with E-state index in [0.717, 1.165) is 5.69 Å². The van der Waals surface area contributed by atoms with Crippen LogP contribution in [0.15, 0.2) is 30.7 Å². The molecule has 0 aromatic carbocycles. The summed E-state index contributed by atoms with van der Waals surface area (Å²) in [6, 6.07) is 4.26. The monoisotopic (exact) mass is 259 g/mol. The predicted octanol–water partition coefficient (Wildman–Crippen LogP) is 2.28. The van der Waals surface area contributed by atoms with Gasteiger partial charge in [-0.1, -0.05) is 11.3 Å². The van der Waals surface area contributed by atoms with Crippen molar-refractivity contribution in [3.05, 3.63) is 42.0 Å². The van der Waals surface area contributed by atoms with Crippen LogP contribution in [0.5, 0.6) is 0 Å². The Hall–Kier alpha value is -1.75. The maximum atomic E-state index is 4.18. The molecule has 0 spiro atoms. The molecule has 2 rings (SSSR count). The first-order valence-corrected chi connectivity index (χ1v) is 6.52. The topological polar surface area (TPSA) is 55.6 Å². The number of aromatic nitrogens is 4. The third kappa shape index (κ3) is 3.61. The van der Waals surface area contributed by atoms with E-state index in [4.69, 9.17) is 0 Å². The molecule has 0 amide bonds. The Morgan fingerprint density at radius 2 is 2.16 bits per heavy atom. The van der Waals surface area contributed by atoms with Crippen molar-refractivity contribution in [3.8, 4) is 0 Å². The summed E-state index contributed by atoms with van der Waals surface area (Å²) >= 11 is 0. The molecule has 0 bridgehead atoms. The van der Waals surface area contributed by atoms with Crippen LogP contribution in [0.4, 0.5) is 0 Å². The van der Waals surface area contributed by atoms with Gasteiger partial charge in [0, 0.05) is 25.0 Å². The lowest BCUT2D eigenvalue weighted by atomic mass is 10.1. The maximum Gasteiger partial charge on any atom is 0.0965 e. The van der Waals surface area contributed by atoms with Crippen LogP contribution in [0.1, 0.15) is 45.0 Å². The number of pyridine rings is 1. The third-order valence-corrected chi connectivity index (χ3v) is 3.00. The predicted molar refractivity (Wildman–Crippen MR) is 74.5 cm³/mol. The summed E-state index contributed by atoms with van der Waals surface area (Å²) < 4.78 is 1.89. The van der Waals surface area contributed by atoms with E-state index < -0.39 is 0 Å². The zero-order valence-electron chi connectivity index (χ0n) is 12.0. The molecule has 0 aliphatic heterocycles. The van der Waals surface area contributed by atoms with Gasteiger partial charge in [-0.25, -0.2) is 4.68 Å². The van der Waals surface area contributed by atoms with Crippen molar-refractivity contribution in [2.45, 2.75) is 45.8 Å². The van der Waals surface area contributed by atoms with Crippen molar-refractivity contribution in [3.63, 3.8) is 0 Å². The summed E-state index contributed by atoms with van der Waals surface area (Å²) in [4.78, 5) is 4.13. The summed E-state index contributed by atoms with van der Waals surface area (Å²) in [6.45, 7) is 9.14. The minimum atomic E-state index is -0.0276. The lowest BCUT2D eigenvalue weighted by molar-refractivity contribution is 0.347. The molecule has 1 atom stereocenters. The minimum absolute atomic E-state index is 0.0276. The molecule has 5 heteroatoms. The Morgan fingerprint density at radius 3 is 2.74 bits per heavy atom. The summed E-state index contributed by atoms with van der Waals surface area (Å²) in [5.41, 5.74) is 2.09. The van der Waals surface area contributed by atoms with Crippen LogP contribution >= 0.6 is 0 Å². The fraction of sp³-hybridized carbons (Fsp3) is 0.500. The first-order chi connectivity index (χ1) is 8.97. The summed E-state index contributed by atoms with van der Waals surface area (Å²) in [5.74, 6) is 0. The molecule has 2 aromatic heterocycles. The van der Waals surface area contributed by atoms with Crippen LogP contribution in [0.25, 0.3) is 0 Å². The molecule has 19 heavy (non-hydrogen) atoms. The van der Waals surface area contributed by atoms with E-state index in [1.807, 2.05) is 23.1 Å². The Balaban J connectivity index is 1.94. The standard InChI is InChI=1S/C14H21N5/c1-11(12-6-5-7-15-8-12)16-9-13-10-19(18-17-13)14(2,3)4/h5-8,10-11,16H,9H2,1-4H3. The fourth-order valence-electron chi connectivity index (χ4n) is 1.71. The molecule has 1 unspecified atom stereocenters. The van der Waals surface area contributed by atoms with Gasteiger partial charge in [-0.15, -0.1) is 5.10 Å². The van der Waals surface area contributed by atoms with Crippen molar-refractivity contribution < 1.29 is 0 Å². The van der Waals surface area contributed by atoms with Gasteiger partial charge in [0.05, 0.1) is 17.4 Å². The Bertz CT molecular complexity index is 512. The lowest BCUT2D eigenvalue weighted by Gasteiger charge is -2.17. The molecule has 0 fully saturated rings. The average molecular weight is 259 g/mol. The van der Waals surface area contributed by atoms with Crippen LogP contribution in [-0.4, -0.2) is 20.0 Å². The van der Waals surface area contributed by atoms with E-state index >= 15 is 0 Å². The number of hydrogen-bond donors (Lipinski definition) is 1. The highest BCUT2D eigenvalue weighted by Gasteiger charge is 2.15. The van der Waals surface area contributed by atoms with E-state index in [1.54, 1.807) is 6.20 Å². The van der Waals surface area contributed by atoms with Crippen molar-refractivity contribution in [2.75, 3.05) is 0 Å². The normalized spacial score (nSPS) is 13.5. The van der Waals surface area contributed by atoms with Gasteiger partial charge in [0.15, 0.2) is 0 Å². The molecular formula is C14H21N5. The molecule has 5 nitrogen and oxygen atoms in total. The third-order valence-electron chi connectivity index (χ3n) is 3.00. The highest BCUT2D eigenvalue weighted by molar-refractivity contribution is 5.13. The fourth-order valence-corrected chi connectivity index (χ4v) is 1.71. The first kappa shape index (κ1) is 13.7. The van der Waals surface area contributed by atoms with Gasteiger partial charge >= 0.3 is 0 Å². The van der Waals surface area contributed by atoms with Crippen LogP contribution in [0, 0.1) is 0 Å². The zero-order valence-corrected chi connectivity index (χ0v) is 12.0. The second-order valence-corrected chi connectivity index (χ2v) is 5.71. The van der Waals surface area contributed by atoms with Crippen LogP contribution in [0.3, 0.4) is 0 Å². The molecule has 2 heterocycles. The minimum Gasteiger partial charge on any atom is -0.304 e. The molecule has 0 saturated heterocycles. The number of hydrogen-bond acceptors (Lipinski definition) is 4. The van der Waals surface area contributed by atoms with E-state index in [9.17, 15) is 0 Å². The van der Waals surface area contributed by atoms with Gasteiger partial charge < -0.3 is 5.32 Å². The average Bonchev–Trinajstić information content (AvgIpc) is 2.86. The first-order valence-electron chi connectivity index (χ1n) is 6.52. The van der Waals surface area contributed by atoms with Crippen LogP contribution in [0.2, 0.25) is 0 Å². The van der Waals surface area contributed by atoms with Gasteiger partial charge in [0.2, 0.25) is 0 Å². The molecule has 102 valence electrons. The Morgan fingerprint density at radius 1 is 1.37 bits per heavy atom. The largest absolute Gasteiger partial charge is 0.304 e. The smallest absolute Gasteiger partial charge is 0.0965 e. The van der Waals surface area contributed by atoms with Crippen LogP contribution < -0.4 is 5.32 Å². The van der Waals surface area contributed by atoms with Crippen molar-refractivity contribution in [1.82, 2.24) is 25.3 Å². The highest BCUT2D eigenvalue weighted by Crippen LogP contribution is 2.13. The van der Waals surface area contributed by atoms with Gasteiger partial charge in [0.1, 0.15) is 0 Å². The maximum absolute atomic E-state index is 4.18. The Kier molecular flexibility index (Phi) is 3.95. The molecule has 1 N–H and O–H groups in total. The van der Waals surface area contributed by atoms with Gasteiger partial charge in [0.25, 0.3) is 0 Å². The second kappa shape index (κ2) is 5.48.